The summed E-state index contributed by atoms with van der Waals surface area (Å²) in [5, 5.41) is 5.94. The molecular formula is C38H63ClN2O5. The highest BCUT2D eigenvalue weighted by atomic mass is 35.5. The molecule has 262 valence electrons. The molecule has 1 aromatic carbocycles. The largest absolute Gasteiger partial charge is 0.469 e. The molecule has 0 aliphatic carbocycles. The maximum Gasteiger partial charge on any atom is 0.305 e. The van der Waals surface area contributed by atoms with Gasteiger partial charge in [0, 0.05) is 20.1 Å². The molecule has 1 amide bonds. The Balaban J connectivity index is 0. The van der Waals surface area contributed by atoms with E-state index in [4.69, 9.17) is 16.3 Å². The molecule has 0 aliphatic rings. The number of carbonyl (C=O) groups is 3. The number of halogens is 1. The average molecular weight is 663 g/mol. The zero-order valence-electron chi connectivity index (χ0n) is 30.0. The number of benzene rings is 1. The summed E-state index contributed by atoms with van der Waals surface area (Å²) in [5.74, 6) is 0.875. The van der Waals surface area contributed by atoms with Crippen molar-refractivity contribution in [3.8, 4) is 0 Å². The first-order valence-electron chi connectivity index (χ1n) is 16.8. The maximum absolute atomic E-state index is 12.8. The van der Waals surface area contributed by atoms with Crippen LogP contribution in [0, 0.1) is 5.92 Å². The van der Waals surface area contributed by atoms with Crippen LogP contribution >= 0.6 is 11.6 Å². The third-order valence-corrected chi connectivity index (χ3v) is 7.67. The van der Waals surface area contributed by atoms with Crippen molar-refractivity contribution in [1.82, 2.24) is 10.6 Å². The molecule has 0 bridgehead atoms. The summed E-state index contributed by atoms with van der Waals surface area (Å²) < 4.78 is 9.70. The number of hydrogen-bond donors (Lipinski definition) is 2. The van der Waals surface area contributed by atoms with Crippen molar-refractivity contribution in [3.63, 3.8) is 0 Å². The van der Waals surface area contributed by atoms with E-state index < -0.39 is 12.1 Å². The number of nitrogens with one attached hydrogen (secondary N) is 2. The van der Waals surface area contributed by atoms with Gasteiger partial charge in [0.05, 0.1) is 30.7 Å². The number of esters is 1. The zero-order chi connectivity index (χ0) is 35.3. The number of hydrogen-bond acceptors (Lipinski definition) is 6. The summed E-state index contributed by atoms with van der Waals surface area (Å²) in [6, 6.07) is 9.55. The number of alkyl halides is 1. The molecule has 7 nitrogen and oxygen atoms in total. The summed E-state index contributed by atoms with van der Waals surface area (Å²) in [7, 11) is 3.02. The second-order valence-corrected chi connectivity index (χ2v) is 11.8. The van der Waals surface area contributed by atoms with E-state index in [2.05, 4.69) is 66.1 Å². The Bertz CT molecular complexity index is 990. The lowest BCUT2D eigenvalue weighted by atomic mass is 9.88. The van der Waals surface area contributed by atoms with Crippen LogP contribution in [0.2, 0.25) is 0 Å². The molecule has 0 fully saturated rings. The van der Waals surface area contributed by atoms with Gasteiger partial charge >= 0.3 is 5.97 Å². The molecule has 0 heterocycles. The van der Waals surface area contributed by atoms with E-state index in [1.54, 1.807) is 20.1 Å². The Kier molecular flexibility index (Phi) is 29.3. The molecule has 2 N–H and O–H groups in total. The van der Waals surface area contributed by atoms with Gasteiger partial charge in [0.25, 0.3) is 0 Å². The van der Waals surface area contributed by atoms with Gasteiger partial charge in [0.2, 0.25) is 5.91 Å². The Labute approximate surface area is 285 Å². The minimum atomic E-state index is -0.562. The molecule has 1 rings (SSSR count). The fraction of sp³-hybridized carbons (Fsp3) is 0.605. The number of unbranched alkanes of at least 4 members (excludes halogenated alkanes) is 1. The standard InChI is InChI=1S/C32H49ClN2O3.C4H8O2.C2H6/c1-7-27(19-20-31(38-6)26(5)33)22-30(32(37)34-8-2)35-29(23-36)18-14-9-11-15-24(3)21-25(4)28-16-12-10-13-17-28;1-3-4(5)6-2;1-2/h7,10,12-14,16-19,23-26,29-31,35H,1,8-9,11,15,20-22H2,2-6H3,(H,34,37);3H2,1-2H3;1-2H3/b18-14+,27-19+;;/t24?,25?,26?,29?,30-,31?;;/m1../s1. The number of allylic oxidation sites excluding steroid dienone is 2. The molecule has 1 aromatic rings. The molecule has 0 saturated carbocycles. The fourth-order valence-corrected chi connectivity index (χ4v) is 4.94. The van der Waals surface area contributed by atoms with Gasteiger partial charge in [0.1, 0.15) is 6.29 Å². The number of ether oxygens (including phenoxy) is 2. The van der Waals surface area contributed by atoms with E-state index >= 15 is 0 Å². The summed E-state index contributed by atoms with van der Waals surface area (Å²) in [5.41, 5.74) is 2.29. The topological polar surface area (TPSA) is 93.7 Å². The van der Waals surface area contributed by atoms with Crippen LogP contribution in [0.15, 0.2) is 66.8 Å². The zero-order valence-corrected chi connectivity index (χ0v) is 30.8. The molecule has 0 aromatic heterocycles. The third kappa shape index (κ3) is 21.9. The Morgan fingerprint density at radius 3 is 2.20 bits per heavy atom. The van der Waals surface area contributed by atoms with Crippen molar-refractivity contribution in [2.45, 2.75) is 123 Å². The van der Waals surface area contributed by atoms with Crippen LogP contribution in [0.3, 0.4) is 0 Å². The van der Waals surface area contributed by atoms with Gasteiger partial charge in [-0.1, -0.05) is 108 Å². The van der Waals surface area contributed by atoms with Crippen molar-refractivity contribution in [2.75, 3.05) is 20.8 Å². The number of aldehydes is 1. The smallest absolute Gasteiger partial charge is 0.305 e. The summed E-state index contributed by atoms with van der Waals surface area (Å²) in [4.78, 5) is 34.5. The van der Waals surface area contributed by atoms with Crippen molar-refractivity contribution in [3.05, 3.63) is 72.4 Å². The van der Waals surface area contributed by atoms with Gasteiger partial charge in [-0.2, -0.15) is 0 Å². The number of amides is 1. The van der Waals surface area contributed by atoms with Gasteiger partial charge < -0.3 is 19.6 Å². The van der Waals surface area contributed by atoms with Crippen LogP contribution in [0.1, 0.15) is 105 Å². The lowest BCUT2D eigenvalue weighted by molar-refractivity contribution is -0.140. The second-order valence-electron chi connectivity index (χ2n) is 11.1. The number of methoxy groups -OCH3 is 2. The van der Waals surface area contributed by atoms with Crippen LogP contribution in [-0.2, 0) is 23.9 Å². The highest BCUT2D eigenvalue weighted by molar-refractivity contribution is 6.20. The van der Waals surface area contributed by atoms with Crippen LogP contribution in [0.25, 0.3) is 0 Å². The first-order valence-corrected chi connectivity index (χ1v) is 17.3. The van der Waals surface area contributed by atoms with Crippen molar-refractivity contribution >= 4 is 29.8 Å². The van der Waals surface area contributed by atoms with Gasteiger partial charge in [-0.25, -0.2) is 0 Å². The first kappa shape index (κ1) is 45.4. The fourth-order valence-electron chi connectivity index (χ4n) is 4.73. The van der Waals surface area contributed by atoms with Crippen LogP contribution < -0.4 is 10.6 Å². The van der Waals surface area contributed by atoms with E-state index in [0.717, 1.165) is 37.5 Å². The number of rotatable bonds is 21. The molecule has 6 atom stereocenters. The molecular weight excluding hydrogens is 600 g/mol. The molecule has 46 heavy (non-hydrogen) atoms. The normalized spacial score (nSPS) is 15.0. The van der Waals surface area contributed by atoms with Gasteiger partial charge in [-0.15, -0.1) is 11.6 Å². The second kappa shape index (κ2) is 29.6. The molecule has 0 aliphatic heterocycles. The summed E-state index contributed by atoms with van der Waals surface area (Å²) in [6.45, 7) is 18.5. The predicted octanol–water partition coefficient (Wildman–Crippen LogP) is 8.34. The monoisotopic (exact) mass is 662 g/mol. The van der Waals surface area contributed by atoms with E-state index in [1.807, 2.05) is 45.9 Å². The van der Waals surface area contributed by atoms with Crippen LogP contribution in [-0.4, -0.2) is 62.5 Å². The van der Waals surface area contributed by atoms with Gasteiger partial charge in [-0.3, -0.25) is 14.9 Å². The molecule has 8 heteroatoms. The summed E-state index contributed by atoms with van der Waals surface area (Å²) in [6.07, 6.45) is 14.1. The Morgan fingerprint density at radius 1 is 1.07 bits per heavy atom. The molecule has 0 radical (unpaired) electrons. The van der Waals surface area contributed by atoms with Crippen molar-refractivity contribution in [1.29, 1.82) is 0 Å². The lowest BCUT2D eigenvalue weighted by Gasteiger charge is -2.22. The Morgan fingerprint density at radius 2 is 1.72 bits per heavy atom. The molecule has 5 unspecified atom stereocenters. The highest BCUT2D eigenvalue weighted by Crippen LogP contribution is 2.25. The first-order chi connectivity index (χ1) is 22.1. The maximum atomic E-state index is 12.8. The number of likely N-dealkylation sites (N-methyl/N-ethyl adjacent to an activating group) is 1. The number of carbonyl (C=O) groups excluding carboxylic acids is 3. The van der Waals surface area contributed by atoms with E-state index in [9.17, 15) is 14.4 Å². The molecule has 0 saturated heterocycles. The Hall–Kier alpha value is -2.74. The van der Waals surface area contributed by atoms with Crippen molar-refractivity contribution < 1.29 is 23.9 Å². The van der Waals surface area contributed by atoms with Gasteiger partial charge in [0.15, 0.2) is 0 Å². The van der Waals surface area contributed by atoms with Crippen molar-refractivity contribution in [2.24, 2.45) is 5.92 Å². The minimum absolute atomic E-state index is 0.127. The SMILES string of the molecule is C=C/C(=C\CC(OC)C(C)Cl)C[C@@H](NC(C=O)/C=C/CCCC(C)CC(C)c1ccccc1)C(=O)NCC.CC.CCC(=O)OC. The molecule has 0 spiro atoms. The lowest BCUT2D eigenvalue weighted by Crippen LogP contribution is -2.48. The summed E-state index contributed by atoms with van der Waals surface area (Å²) >= 11 is 6.19. The van der Waals surface area contributed by atoms with E-state index in [0.29, 0.717) is 37.6 Å². The highest BCUT2D eigenvalue weighted by Gasteiger charge is 2.22. The van der Waals surface area contributed by atoms with E-state index in [-0.39, 0.29) is 23.4 Å². The van der Waals surface area contributed by atoms with Crippen LogP contribution in [0.5, 0.6) is 0 Å². The predicted molar refractivity (Wildman–Crippen MR) is 194 cm³/mol. The van der Waals surface area contributed by atoms with Crippen LogP contribution in [0.4, 0.5) is 0 Å². The minimum Gasteiger partial charge on any atom is -0.469 e. The van der Waals surface area contributed by atoms with Gasteiger partial charge in [-0.05, 0) is 63.4 Å². The third-order valence-electron chi connectivity index (χ3n) is 7.39. The quantitative estimate of drug-likeness (QED) is 0.0343. The average Bonchev–Trinajstić information content (AvgIpc) is 3.07. The van der Waals surface area contributed by atoms with E-state index in [1.165, 1.54) is 12.7 Å².